The monoisotopic (exact) mass is 649 g/mol. The molecule has 2 amide bonds. The Morgan fingerprint density at radius 3 is 2.49 bits per heavy atom. The second-order valence-electron chi connectivity index (χ2n) is 11.3. The molecule has 2 fully saturated rings. The molecular weight excluding hydrogens is 625 g/mol. The number of ether oxygens (including phenoxy) is 1. The zero-order chi connectivity index (χ0) is 32.4. The molecule has 1 atom stereocenters. The van der Waals surface area contributed by atoms with Crippen molar-refractivity contribution < 1.29 is 41.4 Å². The molecule has 2 saturated carbocycles. The number of hydrogen-bond donors (Lipinski definition) is 3. The first kappa shape index (κ1) is 30.7. The Hall–Kier alpha value is -4.30. The van der Waals surface area contributed by atoms with Crippen LogP contribution in [0.15, 0.2) is 36.5 Å². The number of carbonyl (C=O) groups excluding carboxylic acids is 2. The number of fused-ring (bicyclic) bond motifs is 1. The van der Waals surface area contributed by atoms with Gasteiger partial charge in [-0.15, -0.1) is 0 Å². The third-order valence-electron chi connectivity index (χ3n) is 8.45. The van der Waals surface area contributed by atoms with E-state index in [2.05, 4.69) is 15.4 Å². The van der Waals surface area contributed by atoms with Crippen molar-refractivity contribution in [2.24, 2.45) is 11.7 Å². The average molecular weight is 650 g/mol. The van der Waals surface area contributed by atoms with Crippen LogP contribution in [0.5, 0.6) is 5.75 Å². The maximum Gasteiger partial charge on any atom is 0.333 e. The quantitative estimate of drug-likeness (QED) is 0.162. The Morgan fingerprint density at radius 1 is 1.18 bits per heavy atom. The highest BCUT2D eigenvalue weighted by Gasteiger charge is 2.54. The fourth-order valence-corrected chi connectivity index (χ4v) is 5.75. The summed E-state index contributed by atoms with van der Waals surface area (Å²) in [7, 11) is 1.29. The van der Waals surface area contributed by atoms with E-state index in [-0.39, 0.29) is 46.3 Å². The van der Waals surface area contributed by atoms with Gasteiger partial charge >= 0.3 is 6.55 Å². The van der Waals surface area contributed by atoms with Crippen LogP contribution in [-0.4, -0.2) is 45.3 Å². The molecule has 0 aliphatic heterocycles. The molecule has 6 rings (SSSR count). The van der Waals surface area contributed by atoms with Crippen molar-refractivity contribution in [1.29, 1.82) is 0 Å². The summed E-state index contributed by atoms with van der Waals surface area (Å²) >= 11 is 5.87. The fraction of sp³-hybridized carbons (Fsp3) is 0.333. The molecule has 0 unspecified atom stereocenters. The van der Waals surface area contributed by atoms with Crippen molar-refractivity contribution in [3.8, 4) is 17.0 Å². The van der Waals surface area contributed by atoms with Crippen molar-refractivity contribution in [2.45, 2.75) is 43.2 Å². The number of pyridine rings is 1. The number of aliphatic hydroxyl groups is 1. The van der Waals surface area contributed by atoms with Gasteiger partial charge < -0.3 is 20.9 Å². The van der Waals surface area contributed by atoms with Gasteiger partial charge in [0.1, 0.15) is 34.2 Å². The van der Waals surface area contributed by atoms with Crippen molar-refractivity contribution in [3.63, 3.8) is 0 Å². The maximum atomic E-state index is 16.0. The average Bonchev–Trinajstić information content (AvgIpc) is 3.94. The van der Waals surface area contributed by atoms with E-state index in [9.17, 15) is 32.3 Å². The van der Waals surface area contributed by atoms with Gasteiger partial charge in [0.2, 0.25) is 5.91 Å². The molecule has 0 bridgehead atoms. The number of rotatable bonds is 10. The Kier molecular flexibility index (Phi) is 7.47. The first-order valence-electron chi connectivity index (χ1n) is 13.8. The van der Waals surface area contributed by atoms with Crippen LogP contribution >= 0.6 is 11.6 Å². The number of nitrogens with two attached hydrogens (primary N) is 1. The molecule has 236 valence electrons. The first-order chi connectivity index (χ1) is 21.3. The lowest BCUT2D eigenvalue weighted by atomic mass is 9.86. The molecule has 4 aromatic rings. The summed E-state index contributed by atoms with van der Waals surface area (Å²) in [6, 6.07) is 5.14. The summed E-state index contributed by atoms with van der Waals surface area (Å²) in [5, 5.41) is 18.1. The maximum absolute atomic E-state index is 16.0. The Bertz CT molecular complexity index is 1880. The van der Waals surface area contributed by atoms with E-state index in [0.29, 0.717) is 23.6 Å². The molecule has 0 spiro atoms. The third-order valence-corrected chi connectivity index (χ3v) is 8.74. The van der Waals surface area contributed by atoms with E-state index < -0.39 is 75.6 Å². The SMILES string of the molecule is COc1cc(C(=O)NC[C@](O)(c2cc(C3(C(N)=O)CC3)c(F)c(-c3cc(Cl)c(F)cc3F)n2)C2CC2)cc2cn(C(F)F)nc12. The lowest BCUT2D eigenvalue weighted by Gasteiger charge is -2.30. The number of benzene rings is 2. The Balaban J connectivity index is 1.41. The van der Waals surface area contributed by atoms with Crippen LogP contribution in [0.25, 0.3) is 22.2 Å². The first-order valence-corrected chi connectivity index (χ1v) is 14.2. The standard InChI is InChI=1S/C30H25ClF5N5O4/c1-45-21-7-13(6-14-11-41(28(35)36)40-24(14)21)26(42)38-12-30(44,15-2-3-15)22-9-17(29(4-5-29)27(37)43)23(34)25(39-22)16-8-18(31)20(33)10-19(16)32/h6-11,15,28,44H,2-5,12H2,1H3,(H2,37,43)(H,38,42)/t30-/m1/s1. The van der Waals surface area contributed by atoms with Gasteiger partial charge in [0.15, 0.2) is 5.82 Å². The Morgan fingerprint density at radius 2 is 1.89 bits per heavy atom. The summed E-state index contributed by atoms with van der Waals surface area (Å²) in [5.41, 5.74) is 0.860. The van der Waals surface area contributed by atoms with Gasteiger partial charge in [-0.2, -0.15) is 13.9 Å². The summed E-state index contributed by atoms with van der Waals surface area (Å²) in [5.74, 6) is -5.30. The van der Waals surface area contributed by atoms with Crippen LogP contribution in [-0.2, 0) is 15.8 Å². The molecule has 0 radical (unpaired) electrons. The highest BCUT2D eigenvalue weighted by molar-refractivity contribution is 6.31. The number of methoxy groups -OCH3 is 1. The van der Waals surface area contributed by atoms with Gasteiger partial charge in [0.25, 0.3) is 5.91 Å². The van der Waals surface area contributed by atoms with Crippen LogP contribution in [0, 0.1) is 23.4 Å². The summed E-state index contributed by atoms with van der Waals surface area (Å²) in [4.78, 5) is 30.0. The minimum Gasteiger partial charge on any atom is -0.494 e. The van der Waals surface area contributed by atoms with E-state index in [1.807, 2.05) is 0 Å². The minimum absolute atomic E-state index is 0.00782. The number of nitrogens with zero attached hydrogens (tertiary/aromatic N) is 3. The molecule has 2 aliphatic carbocycles. The predicted molar refractivity (Wildman–Crippen MR) is 151 cm³/mol. The van der Waals surface area contributed by atoms with E-state index in [0.717, 1.165) is 12.3 Å². The van der Waals surface area contributed by atoms with Gasteiger partial charge in [-0.3, -0.25) is 9.59 Å². The van der Waals surface area contributed by atoms with Gasteiger partial charge in [0, 0.05) is 34.3 Å². The smallest absolute Gasteiger partial charge is 0.333 e. The second-order valence-corrected chi connectivity index (χ2v) is 11.7. The highest BCUT2D eigenvalue weighted by atomic mass is 35.5. The van der Waals surface area contributed by atoms with Crippen molar-refractivity contribution in [1.82, 2.24) is 20.1 Å². The van der Waals surface area contributed by atoms with E-state index in [1.165, 1.54) is 25.3 Å². The van der Waals surface area contributed by atoms with E-state index >= 15 is 4.39 Å². The molecule has 45 heavy (non-hydrogen) atoms. The molecule has 2 heterocycles. The van der Waals surface area contributed by atoms with Gasteiger partial charge in [-0.1, -0.05) is 11.6 Å². The molecule has 2 aromatic heterocycles. The number of aromatic nitrogens is 3. The van der Waals surface area contributed by atoms with Crippen LogP contribution < -0.4 is 15.8 Å². The van der Waals surface area contributed by atoms with Gasteiger partial charge in [0.05, 0.1) is 29.8 Å². The minimum atomic E-state index is -2.92. The molecule has 9 nitrogen and oxygen atoms in total. The predicted octanol–water partition coefficient (Wildman–Crippen LogP) is 5.12. The van der Waals surface area contributed by atoms with Crippen molar-refractivity contribution in [3.05, 3.63) is 75.8 Å². The zero-order valence-electron chi connectivity index (χ0n) is 23.5. The number of hydrogen-bond acceptors (Lipinski definition) is 6. The van der Waals surface area contributed by atoms with E-state index in [1.54, 1.807) is 0 Å². The fourth-order valence-electron chi connectivity index (χ4n) is 5.59. The van der Waals surface area contributed by atoms with Crippen LogP contribution in [0.3, 0.4) is 0 Å². The number of alkyl halides is 2. The summed E-state index contributed by atoms with van der Waals surface area (Å²) in [6.45, 7) is -3.38. The molecule has 15 heteroatoms. The van der Waals surface area contributed by atoms with Gasteiger partial charge in [-0.05, 0) is 55.9 Å². The van der Waals surface area contributed by atoms with Crippen molar-refractivity contribution >= 4 is 34.3 Å². The van der Waals surface area contributed by atoms with E-state index in [4.69, 9.17) is 22.1 Å². The largest absolute Gasteiger partial charge is 0.494 e. The number of primary amides is 1. The second kappa shape index (κ2) is 10.9. The van der Waals surface area contributed by atoms with Crippen molar-refractivity contribution in [2.75, 3.05) is 13.7 Å². The van der Waals surface area contributed by atoms with Crippen LogP contribution in [0.4, 0.5) is 22.0 Å². The number of carbonyl (C=O) groups is 2. The Labute approximate surface area is 257 Å². The molecule has 0 saturated heterocycles. The zero-order valence-corrected chi connectivity index (χ0v) is 24.3. The third kappa shape index (κ3) is 5.25. The normalized spacial score (nSPS) is 16.9. The molecular formula is C30H25ClF5N5O4. The van der Waals surface area contributed by atoms with Crippen LogP contribution in [0.2, 0.25) is 5.02 Å². The highest BCUT2D eigenvalue weighted by Crippen LogP contribution is 2.52. The lowest BCUT2D eigenvalue weighted by Crippen LogP contribution is -2.43. The topological polar surface area (TPSA) is 132 Å². The molecule has 2 aliphatic rings. The lowest BCUT2D eigenvalue weighted by molar-refractivity contribution is -0.120. The number of amides is 2. The number of halogens is 6. The summed E-state index contributed by atoms with van der Waals surface area (Å²) in [6.07, 6.45) is 2.44. The number of nitrogens with one attached hydrogen (secondary N) is 1. The summed E-state index contributed by atoms with van der Waals surface area (Å²) < 4.78 is 77.1. The van der Waals surface area contributed by atoms with Gasteiger partial charge in [-0.25, -0.2) is 22.8 Å². The van der Waals surface area contributed by atoms with Crippen LogP contribution in [0.1, 0.15) is 53.8 Å². The molecule has 2 aromatic carbocycles. The molecule has 4 N–H and O–H groups in total.